The smallest absolute Gasteiger partial charge is 0.123 e. The van der Waals surface area contributed by atoms with Crippen LogP contribution in [0.4, 0.5) is 4.39 Å². The van der Waals surface area contributed by atoms with Crippen LogP contribution in [0.5, 0.6) is 0 Å². The molecule has 74 valence electrons. The van der Waals surface area contributed by atoms with Crippen molar-refractivity contribution in [1.82, 2.24) is 5.32 Å². The number of halogens is 1. The maximum absolute atomic E-state index is 13.0. The molecule has 1 aliphatic carbocycles. The average Bonchev–Trinajstić information content (AvgIpc) is 2.18. The molecule has 2 rings (SSSR count). The van der Waals surface area contributed by atoms with Gasteiger partial charge in [0.2, 0.25) is 0 Å². The van der Waals surface area contributed by atoms with Gasteiger partial charge in [-0.2, -0.15) is 0 Å². The van der Waals surface area contributed by atoms with Gasteiger partial charge in [-0.1, -0.05) is 12.1 Å². The minimum Gasteiger partial charge on any atom is -0.316 e. The summed E-state index contributed by atoms with van der Waals surface area (Å²) in [5, 5.41) is 3.13. The molecule has 0 saturated carbocycles. The van der Waals surface area contributed by atoms with Crippen LogP contribution in [-0.4, -0.2) is 13.6 Å². The molecule has 1 aliphatic rings. The number of rotatable bonds is 2. The fourth-order valence-electron chi connectivity index (χ4n) is 1.95. The third-order valence-corrected chi connectivity index (χ3v) is 2.58. The van der Waals surface area contributed by atoms with Crippen molar-refractivity contribution in [2.24, 2.45) is 0 Å². The Morgan fingerprint density at radius 2 is 2.29 bits per heavy atom. The number of hydrogen-bond acceptors (Lipinski definition) is 1. The Bertz CT molecular complexity index is 369. The van der Waals surface area contributed by atoms with Gasteiger partial charge in [-0.05, 0) is 48.7 Å². The van der Waals surface area contributed by atoms with Crippen molar-refractivity contribution in [1.29, 1.82) is 0 Å². The number of likely N-dealkylation sites (N-methyl/N-ethyl adjacent to an activating group) is 1. The molecule has 0 aromatic heterocycles. The van der Waals surface area contributed by atoms with Crippen molar-refractivity contribution in [3.63, 3.8) is 0 Å². The number of allylic oxidation sites excluding steroid dienone is 1. The third kappa shape index (κ3) is 1.70. The second-order valence-electron chi connectivity index (χ2n) is 3.60. The average molecular weight is 191 g/mol. The van der Waals surface area contributed by atoms with E-state index in [1.807, 2.05) is 13.1 Å². The highest BCUT2D eigenvalue weighted by Crippen LogP contribution is 2.26. The zero-order chi connectivity index (χ0) is 9.97. The lowest BCUT2D eigenvalue weighted by atomic mass is 9.91. The van der Waals surface area contributed by atoms with Crippen molar-refractivity contribution >= 4 is 5.57 Å². The van der Waals surface area contributed by atoms with Crippen LogP contribution in [0.2, 0.25) is 0 Å². The van der Waals surface area contributed by atoms with Crippen molar-refractivity contribution < 1.29 is 4.39 Å². The standard InChI is InChI=1S/C12H14FN/c1-14-8-10-4-2-3-9-7-11(13)5-6-12(9)10/h4-7,14H,2-3,8H2,1H3. The first-order valence-corrected chi connectivity index (χ1v) is 4.93. The summed E-state index contributed by atoms with van der Waals surface area (Å²) in [5.41, 5.74) is 3.62. The van der Waals surface area contributed by atoms with E-state index in [1.54, 1.807) is 6.07 Å². The zero-order valence-corrected chi connectivity index (χ0v) is 8.31. The van der Waals surface area contributed by atoms with E-state index in [1.165, 1.54) is 17.2 Å². The molecule has 0 heterocycles. The molecule has 0 fully saturated rings. The van der Waals surface area contributed by atoms with Gasteiger partial charge in [0.05, 0.1) is 0 Å². The van der Waals surface area contributed by atoms with E-state index in [9.17, 15) is 4.39 Å². The summed E-state index contributed by atoms with van der Waals surface area (Å²) in [5.74, 6) is -0.130. The van der Waals surface area contributed by atoms with Gasteiger partial charge in [0.1, 0.15) is 5.82 Å². The lowest BCUT2D eigenvalue weighted by molar-refractivity contribution is 0.624. The quantitative estimate of drug-likeness (QED) is 0.756. The van der Waals surface area contributed by atoms with Crippen LogP contribution >= 0.6 is 0 Å². The lowest BCUT2D eigenvalue weighted by Crippen LogP contribution is -2.13. The second-order valence-corrected chi connectivity index (χ2v) is 3.60. The SMILES string of the molecule is CNCC1=CCCc2cc(F)ccc21. The van der Waals surface area contributed by atoms with Crippen molar-refractivity contribution in [3.8, 4) is 0 Å². The predicted molar refractivity (Wildman–Crippen MR) is 56.6 cm³/mol. The van der Waals surface area contributed by atoms with Crippen LogP contribution in [0.25, 0.3) is 5.57 Å². The molecule has 1 nitrogen and oxygen atoms in total. The van der Waals surface area contributed by atoms with Crippen LogP contribution in [0, 0.1) is 5.82 Å². The summed E-state index contributed by atoms with van der Waals surface area (Å²) in [6, 6.07) is 5.07. The molecule has 1 aromatic carbocycles. The van der Waals surface area contributed by atoms with E-state index in [2.05, 4.69) is 11.4 Å². The van der Waals surface area contributed by atoms with E-state index in [-0.39, 0.29) is 5.82 Å². The molecule has 2 heteroatoms. The highest BCUT2D eigenvalue weighted by atomic mass is 19.1. The molecular formula is C12H14FN. The van der Waals surface area contributed by atoms with Gasteiger partial charge in [-0.15, -0.1) is 0 Å². The summed E-state index contributed by atoms with van der Waals surface area (Å²) in [7, 11) is 1.93. The molecule has 0 amide bonds. The molecule has 1 aromatic rings. The Morgan fingerprint density at radius 1 is 1.43 bits per heavy atom. The Morgan fingerprint density at radius 3 is 3.07 bits per heavy atom. The van der Waals surface area contributed by atoms with Crippen LogP contribution < -0.4 is 5.32 Å². The monoisotopic (exact) mass is 191 g/mol. The third-order valence-electron chi connectivity index (χ3n) is 2.58. The topological polar surface area (TPSA) is 12.0 Å². The summed E-state index contributed by atoms with van der Waals surface area (Å²) in [4.78, 5) is 0. The molecule has 0 saturated heterocycles. The van der Waals surface area contributed by atoms with Crippen molar-refractivity contribution in [3.05, 3.63) is 41.2 Å². The molecule has 0 atom stereocenters. The Kier molecular flexibility index (Phi) is 2.64. The Balaban J connectivity index is 2.38. The van der Waals surface area contributed by atoms with Crippen molar-refractivity contribution in [2.75, 3.05) is 13.6 Å². The molecular weight excluding hydrogens is 177 g/mol. The highest BCUT2D eigenvalue weighted by Gasteiger charge is 2.11. The first kappa shape index (κ1) is 9.41. The summed E-state index contributed by atoms with van der Waals surface area (Å²) < 4.78 is 13.0. The molecule has 0 unspecified atom stereocenters. The molecule has 1 N–H and O–H groups in total. The predicted octanol–water partition coefficient (Wildman–Crippen LogP) is 2.37. The molecule has 0 radical (unpaired) electrons. The molecule has 14 heavy (non-hydrogen) atoms. The fourth-order valence-corrected chi connectivity index (χ4v) is 1.95. The first-order chi connectivity index (χ1) is 6.81. The van der Waals surface area contributed by atoms with E-state index in [0.29, 0.717) is 0 Å². The van der Waals surface area contributed by atoms with E-state index >= 15 is 0 Å². The number of hydrogen-bond donors (Lipinski definition) is 1. The van der Waals surface area contributed by atoms with Crippen LogP contribution in [0.1, 0.15) is 17.5 Å². The maximum Gasteiger partial charge on any atom is 0.123 e. The van der Waals surface area contributed by atoms with E-state index in [0.717, 1.165) is 24.9 Å². The van der Waals surface area contributed by atoms with Crippen LogP contribution in [0.15, 0.2) is 24.3 Å². The van der Waals surface area contributed by atoms with E-state index < -0.39 is 0 Å². The minimum absolute atomic E-state index is 0.130. The van der Waals surface area contributed by atoms with Crippen LogP contribution in [-0.2, 0) is 6.42 Å². The molecule has 0 bridgehead atoms. The summed E-state index contributed by atoms with van der Waals surface area (Å²) >= 11 is 0. The van der Waals surface area contributed by atoms with Crippen molar-refractivity contribution in [2.45, 2.75) is 12.8 Å². The molecule has 0 spiro atoms. The van der Waals surface area contributed by atoms with Gasteiger partial charge in [0.25, 0.3) is 0 Å². The number of aryl methyl sites for hydroxylation is 1. The number of benzene rings is 1. The van der Waals surface area contributed by atoms with Gasteiger partial charge in [0, 0.05) is 6.54 Å². The fraction of sp³-hybridized carbons (Fsp3) is 0.333. The zero-order valence-electron chi connectivity index (χ0n) is 8.31. The lowest BCUT2D eigenvalue weighted by Gasteiger charge is -2.17. The summed E-state index contributed by atoms with van der Waals surface area (Å²) in [6.45, 7) is 0.860. The minimum atomic E-state index is -0.130. The van der Waals surface area contributed by atoms with Gasteiger partial charge in [-0.3, -0.25) is 0 Å². The number of fused-ring (bicyclic) bond motifs is 1. The van der Waals surface area contributed by atoms with Gasteiger partial charge in [-0.25, -0.2) is 4.39 Å². The van der Waals surface area contributed by atoms with Crippen LogP contribution in [0.3, 0.4) is 0 Å². The Hall–Kier alpha value is -1.15. The summed E-state index contributed by atoms with van der Waals surface area (Å²) in [6.07, 6.45) is 4.21. The second kappa shape index (κ2) is 3.93. The van der Waals surface area contributed by atoms with Gasteiger partial charge >= 0.3 is 0 Å². The largest absolute Gasteiger partial charge is 0.316 e. The van der Waals surface area contributed by atoms with Gasteiger partial charge in [0.15, 0.2) is 0 Å². The molecule has 0 aliphatic heterocycles. The Labute approximate surface area is 83.6 Å². The van der Waals surface area contributed by atoms with Gasteiger partial charge < -0.3 is 5.32 Å². The number of nitrogens with one attached hydrogen (secondary N) is 1. The first-order valence-electron chi connectivity index (χ1n) is 4.93. The highest BCUT2D eigenvalue weighted by molar-refractivity contribution is 5.71. The maximum atomic E-state index is 13.0. The normalized spacial score (nSPS) is 14.9. The van der Waals surface area contributed by atoms with E-state index in [4.69, 9.17) is 0 Å².